The number of rotatable bonds is 6. The number of likely N-dealkylation sites (N-methyl/N-ethyl adjacent to an activating group) is 1. The van der Waals surface area contributed by atoms with E-state index >= 15 is 0 Å². The first kappa shape index (κ1) is 11.6. The molecular weight excluding hydrogens is 198 g/mol. The fourth-order valence-corrected chi connectivity index (χ4v) is 1.73. The molecule has 1 saturated carbocycles. The molecule has 1 aliphatic carbocycles. The first-order chi connectivity index (χ1) is 7.74. The Hall–Kier alpha value is -0.930. The summed E-state index contributed by atoms with van der Waals surface area (Å²) >= 11 is 0. The molecular formula is C13H21N3. The second-order valence-corrected chi connectivity index (χ2v) is 4.77. The van der Waals surface area contributed by atoms with Crippen LogP contribution in [0.5, 0.6) is 0 Å². The van der Waals surface area contributed by atoms with Crippen molar-refractivity contribution in [1.29, 1.82) is 0 Å². The van der Waals surface area contributed by atoms with Crippen LogP contribution in [0.1, 0.15) is 24.1 Å². The van der Waals surface area contributed by atoms with E-state index in [-0.39, 0.29) is 0 Å². The van der Waals surface area contributed by atoms with Crippen LogP contribution in [-0.4, -0.2) is 36.1 Å². The van der Waals surface area contributed by atoms with Crippen LogP contribution < -0.4 is 5.32 Å². The van der Waals surface area contributed by atoms with E-state index in [4.69, 9.17) is 0 Å². The largest absolute Gasteiger partial charge is 0.313 e. The second-order valence-electron chi connectivity index (χ2n) is 4.77. The molecule has 0 aromatic carbocycles. The minimum atomic E-state index is 0.814. The summed E-state index contributed by atoms with van der Waals surface area (Å²) in [5.41, 5.74) is 2.38. The van der Waals surface area contributed by atoms with Gasteiger partial charge >= 0.3 is 0 Å². The summed E-state index contributed by atoms with van der Waals surface area (Å²) in [6, 6.07) is 5.05. The molecule has 88 valence electrons. The van der Waals surface area contributed by atoms with Gasteiger partial charge in [0.05, 0.1) is 0 Å². The van der Waals surface area contributed by atoms with Gasteiger partial charge in [-0.1, -0.05) is 6.07 Å². The highest BCUT2D eigenvalue weighted by Crippen LogP contribution is 2.18. The lowest BCUT2D eigenvalue weighted by Crippen LogP contribution is -2.30. The number of aromatic nitrogens is 1. The van der Waals surface area contributed by atoms with Gasteiger partial charge in [-0.25, -0.2) is 0 Å². The Morgan fingerprint density at radius 1 is 1.44 bits per heavy atom. The van der Waals surface area contributed by atoms with Gasteiger partial charge in [-0.2, -0.15) is 0 Å². The van der Waals surface area contributed by atoms with Gasteiger partial charge < -0.3 is 10.2 Å². The van der Waals surface area contributed by atoms with Crippen LogP contribution in [0.25, 0.3) is 0 Å². The van der Waals surface area contributed by atoms with Gasteiger partial charge in [0.2, 0.25) is 0 Å². The molecule has 0 atom stereocenters. The van der Waals surface area contributed by atoms with E-state index in [0.717, 1.165) is 31.4 Å². The molecule has 0 bridgehead atoms. The molecule has 1 aliphatic rings. The molecule has 2 rings (SSSR count). The normalized spacial score (nSPS) is 15.7. The van der Waals surface area contributed by atoms with Crippen LogP contribution in [0.3, 0.4) is 0 Å². The lowest BCUT2D eigenvalue weighted by atomic mass is 10.2. The Kier molecular flexibility index (Phi) is 3.91. The van der Waals surface area contributed by atoms with E-state index in [0.29, 0.717) is 0 Å². The van der Waals surface area contributed by atoms with Crippen LogP contribution in [-0.2, 0) is 6.54 Å². The predicted molar refractivity (Wildman–Crippen MR) is 66.3 cm³/mol. The first-order valence-electron chi connectivity index (χ1n) is 6.07. The van der Waals surface area contributed by atoms with Crippen LogP contribution in [0.4, 0.5) is 0 Å². The van der Waals surface area contributed by atoms with E-state index < -0.39 is 0 Å². The Bertz CT molecular complexity index is 316. The van der Waals surface area contributed by atoms with Crippen molar-refractivity contribution < 1.29 is 0 Å². The number of aryl methyl sites for hydroxylation is 1. The molecule has 16 heavy (non-hydrogen) atoms. The van der Waals surface area contributed by atoms with Crippen LogP contribution in [0.15, 0.2) is 18.3 Å². The van der Waals surface area contributed by atoms with Gasteiger partial charge in [0.15, 0.2) is 0 Å². The molecule has 1 aromatic rings. The number of nitrogens with one attached hydrogen (secondary N) is 1. The quantitative estimate of drug-likeness (QED) is 0.787. The van der Waals surface area contributed by atoms with Gasteiger partial charge in [-0.15, -0.1) is 0 Å². The lowest BCUT2D eigenvalue weighted by Gasteiger charge is -2.16. The molecule has 1 N–H and O–H groups in total. The fraction of sp³-hybridized carbons (Fsp3) is 0.615. The number of nitrogens with zero attached hydrogens (tertiary/aromatic N) is 2. The molecule has 3 nitrogen and oxygen atoms in total. The van der Waals surface area contributed by atoms with Crippen molar-refractivity contribution >= 4 is 0 Å². The second kappa shape index (κ2) is 5.41. The third-order valence-corrected chi connectivity index (χ3v) is 2.93. The standard InChI is InChI=1S/C13H21N3/c1-11-3-4-12(9-15-11)10-16(2)8-7-14-13-5-6-13/h3-4,9,13-14H,5-8,10H2,1-2H3. The smallest absolute Gasteiger partial charge is 0.0372 e. The Morgan fingerprint density at radius 2 is 2.25 bits per heavy atom. The lowest BCUT2D eigenvalue weighted by molar-refractivity contribution is 0.323. The summed E-state index contributed by atoms with van der Waals surface area (Å²) in [6.45, 7) is 5.21. The zero-order chi connectivity index (χ0) is 11.4. The van der Waals surface area contributed by atoms with Crippen molar-refractivity contribution in [2.45, 2.75) is 32.4 Å². The van der Waals surface area contributed by atoms with E-state index in [1.165, 1.54) is 18.4 Å². The Morgan fingerprint density at radius 3 is 2.88 bits per heavy atom. The monoisotopic (exact) mass is 219 g/mol. The van der Waals surface area contributed by atoms with Gasteiger partial charge in [-0.3, -0.25) is 4.98 Å². The summed E-state index contributed by atoms with van der Waals surface area (Å²) in [6.07, 6.45) is 4.71. The highest BCUT2D eigenvalue weighted by atomic mass is 15.1. The van der Waals surface area contributed by atoms with E-state index in [1.54, 1.807) is 0 Å². The van der Waals surface area contributed by atoms with E-state index in [2.05, 4.69) is 34.4 Å². The van der Waals surface area contributed by atoms with Crippen molar-refractivity contribution in [3.05, 3.63) is 29.6 Å². The highest BCUT2D eigenvalue weighted by Gasteiger charge is 2.19. The van der Waals surface area contributed by atoms with Crippen molar-refractivity contribution in [2.24, 2.45) is 0 Å². The molecule has 1 heterocycles. The third kappa shape index (κ3) is 3.91. The number of hydrogen-bond acceptors (Lipinski definition) is 3. The fourth-order valence-electron chi connectivity index (χ4n) is 1.73. The van der Waals surface area contributed by atoms with Crippen LogP contribution >= 0.6 is 0 Å². The maximum atomic E-state index is 4.31. The van der Waals surface area contributed by atoms with E-state index in [1.807, 2.05) is 13.1 Å². The van der Waals surface area contributed by atoms with Crippen molar-refractivity contribution in [2.75, 3.05) is 20.1 Å². The van der Waals surface area contributed by atoms with Crippen molar-refractivity contribution in [3.8, 4) is 0 Å². The average molecular weight is 219 g/mol. The molecule has 1 aromatic heterocycles. The van der Waals surface area contributed by atoms with Crippen LogP contribution in [0.2, 0.25) is 0 Å². The Labute approximate surface area is 97.9 Å². The van der Waals surface area contributed by atoms with Gasteiger partial charge in [-0.05, 0) is 38.4 Å². The topological polar surface area (TPSA) is 28.2 Å². The summed E-state index contributed by atoms with van der Waals surface area (Å²) in [4.78, 5) is 6.64. The molecule has 1 fully saturated rings. The SMILES string of the molecule is Cc1ccc(CN(C)CCNC2CC2)cn1. The van der Waals surface area contributed by atoms with Crippen molar-refractivity contribution in [3.63, 3.8) is 0 Å². The molecule has 0 aliphatic heterocycles. The maximum absolute atomic E-state index is 4.31. The van der Waals surface area contributed by atoms with Crippen molar-refractivity contribution in [1.82, 2.24) is 15.2 Å². The molecule has 3 heteroatoms. The average Bonchev–Trinajstić information content (AvgIpc) is 3.05. The van der Waals surface area contributed by atoms with E-state index in [9.17, 15) is 0 Å². The van der Waals surface area contributed by atoms with Gasteiger partial charge in [0.1, 0.15) is 0 Å². The summed E-state index contributed by atoms with van der Waals surface area (Å²) in [5, 5.41) is 3.53. The summed E-state index contributed by atoms with van der Waals surface area (Å²) in [5.74, 6) is 0. The highest BCUT2D eigenvalue weighted by molar-refractivity contribution is 5.12. The molecule has 0 amide bonds. The summed E-state index contributed by atoms with van der Waals surface area (Å²) in [7, 11) is 2.16. The molecule has 0 saturated heterocycles. The van der Waals surface area contributed by atoms with Crippen LogP contribution in [0, 0.1) is 6.92 Å². The van der Waals surface area contributed by atoms with Gasteiger partial charge in [0, 0.05) is 37.6 Å². The zero-order valence-electron chi connectivity index (χ0n) is 10.2. The predicted octanol–water partition coefficient (Wildman–Crippen LogP) is 1.57. The molecule has 0 unspecified atom stereocenters. The molecule has 0 spiro atoms. The molecule has 0 radical (unpaired) electrons. The summed E-state index contributed by atoms with van der Waals surface area (Å²) < 4.78 is 0. The number of hydrogen-bond donors (Lipinski definition) is 1. The number of pyridine rings is 1. The Balaban J connectivity index is 1.68. The maximum Gasteiger partial charge on any atom is 0.0372 e. The van der Waals surface area contributed by atoms with Gasteiger partial charge in [0.25, 0.3) is 0 Å². The minimum Gasteiger partial charge on any atom is -0.313 e. The third-order valence-electron chi connectivity index (χ3n) is 2.93. The first-order valence-corrected chi connectivity index (χ1v) is 6.07. The minimum absolute atomic E-state index is 0.814. The zero-order valence-corrected chi connectivity index (χ0v) is 10.2.